The summed E-state index contributed by atoms with van der Waals surface area (Å²) in [6.45, 7) is 14.7. The minimum Gasteiger partial charge on any atom is -0.345 e. The van der Waals surface area contributed by atoms with Crippen LogP contribution in [-0.4, -0.2) is 10.6 Å². The van der Waals surface area contributed by atoms with Gasteiger partial charge in [0.05, 0.1) is 0 Å². The molecule has 0 fully saturated rings. The Labute approximate surface area is 128 Å². The first-order chi connectivity index (χ1) is 10.0. The molecule has 1 heterocycles. The Bertz CT molecular complexity index is 620. The quantitative estimate of drug-likeness (QED) is 0.575. The highest BCUT2D eigenvalue weighted by Crippen LogP contribution is 2.26. The van der Waals surface area contributed by atoms with E-state index in [1.54, 1.807) is 0 Å². The maximum absolute atomic E-state index is 3.81. The minimum atomic E-state index is 0.520. The van der Waals surface area contributed by atoms with Crippen LogP contribution in [0.3, 0.4) is 0 Å². The van der Waals surface area contributed by atoms with Crippen molar-refractivity contribution in [2.24, 2.45) is 0 Å². The van der Waals surface area contributed by atoms with Gasteiger partial charge in [0.2, 0.25) is 0 Å². The molecule has 2 rings (SSSR count). The van der Waals surface area contributed by atoms with Gasteiger partial charge in [-0.3, -0.25) is 0 Å². The van der Waals surface area contributed by atoms with Crippen molar-refractivity contribution >= 4 is 10.9 Å². The maximum atomic E-state index is 3.81. The molecular formula is C19H28N2. The first-order valence-electron chi connectivity index (χ1n) is 7.97. The van der Waals surface area contributed by atoms with Crippen LogP contribution in [0.5, 0.6) is 0 Å². The van der Waals surface area contributed by atoms with Crippen LogP contribution in [0.25, 0.3) is 10.9 Å². The lowest BCUT2D eigenvalue weighted by atomic mass is 10.1. The number of aryl methyl sites for hydroxylation is 2. The molecule has 0 aliphatic rings. The van der Waals surface area contributed by atoms with E-state index in [2.05, 4.69) is 62.4 Å². The van der Waals surface area contributed by atoms with Crippen LogP contribution in [0.2, 0.25) is 0 Å². The summed E-state index contributed by atoms with van der Waals surface area (Å²) >= 11 is 0. The summed E-state index contributed by atoms with van der Waals surface area (Å²) in [6, 6.07) is 7.39. The molecule has 2 nitrogen and oxygen atoms in total. The van der Waals surface area contributed by atoms with Crippen LogP contribution in [0.15, 0.2) is 30.9 Å². The highest BCUT2D eigenvalue weighted by atomic mass is 15.0. The Morgan fingerprint density at radius 3 is 2.71 bits per heavy atom. The van der Waals surface area contributed by atoms with Crippen LogP contribution in [0.4, 0.5) is 0 Å². The normalized spacial score (nSPS) is 11.5. The van der Waals surface area contributed by atoms with Gasteiger partial charge in [0.25, 0.3) is 0 Å². The molecule has 0 radical (unpaired) electrons. The lowest BCUT2D eigenvalue weighted by Crippen LogP contribution is -2.21. The Morgan fingerprint density at radius 1 is 1.29 bits per heavy atom. The third-order valence-electron chi connectivity index (χ3n) is 4.21. The van der Waals surface area contributed by atoms with Gasteiger partial charge in [-0.2, -0.15) is 0 Å². The summed E-state index contributed by atoms with van der Waals surface area (Å²) < 4.78 is 2.45. The van der Waals surface area contributed by atoms with Gasteiger partial charge in [-0.25, -0.2) is 0 Å². The first-order valence-corrected chi connectivity index (χ1v) is 7.97. The van der Waals surface area contributed by atoms with E-state index in [1.807, 2.05) is 6.08 Å². The Hall–Kier alpha value is -1.54. The van der Waals surface area contributed by atoms with E-state index in [4.69, 9.17) is 0 Å². The van der Waals surface area contributed by atoms with Gasteiger partial charge >= 0.3 is 0 Å². The molecular weight excluding hydrogens is 256 g/mol. The number of nitrogens with zero attached hydrogens (tertiary/aromatic N) is 1. The van der Waals surface area contributed by atoms with E-state index in [0.717, 1.165) is 25.9 Å². The fourth-order valence-corrected chi connectivity index (χ4v) is 2.81. The van der Waals surface area contributed by atoms with Gasteiger partial charge in [0.1, 0.15) is 0 Å². The molecule has 0 aliphatic heterocycles. The average molecular weight is 284 g/mol. The molecule has 0 atom stereocenters. The fraction of sp³-hybridized carbons (Fsp3) is 0.474. The number of aromatic nitrogens is 1. The monoisotopic (exact) mass is 284 g/mol. The third kappa shape index (κ3) is 3.56. The van der Waals surface area contributed by atoms with Gasteiger partial charge < -0.3 is 9.88 Å². The topological polar surface area (TPSA) is 17.0 Å². The summed E-state index contributed by atoms with van der Waals surface area (Å²) in [5, 5.41) is 4.89. The van der Waals surface area contributed by atoms with Crippen molar-refractivity contribution in [3.8, 4) is 0 Å². The van der Waals surface area contributed by atoms with E-state index >= 15 is 0 Å². The van der Waals surface area contributed by atoms with Crippen LogP contribution in [0, 0.1) is 13.8 Å². The molecule has 1 aromatic carbocycles. The number of allylic oxidation sites excluding steroid dienone is 1. The van der Waals surface area contributed by atoms with Crippen LogP contribution in [0.1, 0.15) is 43.5 Å². The Kier molecular flexibility index (Phi) is 5.24. The van der Waals surface area contributed by atoms with E-state index in [9.17, 15) is 0 Å². The number of hydrogen-bond donors (Lipinski definition) is 1. The van der Waals surface area contributed by atoms with Crippen molar-refractivity contribution < 1.29 is 0 Å². The van der Waals surface area contributed by atoms with Gasteiger partial charge in [-0.1, -0.05) is 26.0 Å². The summed E-state index contributed by atoms with van der Waals surface area (Å²) in [7, 11) is 0. The predicted molar refractivity (Wildman–Crippen MR) is 92.8 cm³/mol. The zero-order chi connectivity index (χ0) is 15.4. The number of fused-ring (bicyclic) bond motifs is 1. The zero-order valence-electron chi connectivity index (χ0n) is 13.9. The zero-order valence-corrected chi connectivity index (χ0v) is 13.9. The molecule has 0 amide bonds. The van der Waals surface area contributed by atoms with E-state index in [0.29, 0.717) is 6.04 Å². The number of nitrogens with one attached hydrogen (secondary N) is 1. The second-order valence-electron chi connectivity index (χ2n) is 6.18. The number of unbranched alkanes of at least 4 members (excludes halogenated alkanes) is 1. The lowest BCUT2D eigenvalue weighted by molar-refractivity contribution is 0.589. The SMILES string of the molecule is C=CCCCn1c(C)c(C)c2cc(CNC(C)C)ccc21. The molecule has 114 valence electrons. The van der Waals surface area contributed by atoms with E-state index in [1.165, 1.54) is 27.7 Å². The van der Waals surface area contributed by atoms with Crippen LogP contribution >= 0.6 is 0 Å². The first kappa shape index (κ1) is 15.8. The Balaban J connectivity index is 2.30. The standard InChI is InChI=1S/C19H28N2/c1-6-7-8-11-21-16(5)15(4)18-12-17(9-10-19(18)21)13-20-14(2)3/h6,9-10,12,14,20H,1,7-8,11,13H2,2-5H3. The van der Waals surface area contributed by atoms with Crippen molar-refractivity contribution in [1.82, 2.24) is 9.88 Å². The van der Waals surface area contributed by atoms with Gasteiger partial charge in [-0.15, -0.1) is 6.58 Å². The van der Waals surface area contributed by atoms with E-state index < -0.39 is 0 Å². The molecule has 0 bridgehead atoms. The number of hydrogen-bond acceptors (Lipinski definition) is 1. The molecule has 0 saturated carbocycles. The van der Waals surface area contributed by atoms with Crippen molar-refractivity contribution in [3.63, 3.8) is 0 Å². The van der Waals surface area contributed by atoms with Crippen molar-refractivity contribution in [1.29, 1.82) is 0 Å². The number of benzene rings is 1. The summed E-state index contributed by atoms with van der Waals surface area (Å²) in [4.78, 5) is 0. The smallest absolute Gasteiger partial charge is 0.0485 e. The molecule has 1 N–H and O–H groups in total. The van der Waals surface area contributed by atoms with Crippen LogP contribution in [-0.2, 0) is 13.1 Å². The lowest BCUT2D eigenvalue weighted by Gasteiger charge is -2.09. The summed E-state index contributed by atoms with van der Waals surface area (Å²) in [5.74, 6) is 0. The fourth-order valence-electron chi connectivity index (χ4n) is 2.81. The number of rotatable bonds is 7. The Morgan fingerprint density at radius 2 is 2.05 bits per heavy atom. The van der Waals surface area contributed by atoms with Crippen molar-refractivity contribution in [2.45, 2.75) is 59.7 Å². The maximum Gasteiger partial charge on any atom is 0.0485 e. The van der Waals surface area contributed by atoms with Gasteiger partial charge in [-0.05, 0) is 49.9 Å². The summed E-state index contributed by atoms with van der Waals surface area (Å²) in [6.07, 6.45) is 4.24. The van der Waals surface area contributed by atoms with E-state index in [-0.39, 0.29) is 0 Å². The molecule has 0 unspecified atom stereocenters. The van der Waals surface area contributed by atoms with Crippen LogP contribution < -0.4 is 5.32 Å². The molecule has 0 aliphatic carbocycles. The third-order valence-corrected chi connectivity index (χ3v) is 4.21. The van der Waals surface area contributed by atoms with Crippen molar-refractivity contribution in [3.05, 3.63) is 47.7 Å². The summed E-state index contributed by atoms with van der Waals surface area (Å²) in [5.41, 5.74) is 5.53. The highest BCUT2D eigenvalue weighted by Gasteiger charge is 2.11. The molecule has 21 heavy (non-hydrogen) atoms. The largest absolute Gasteiger partial charge is 0.345 e. The van der Waals surface area contributed by atoms with Gasteiger partial charge in [0.15, 0.2) is 0 Å². The highest BCUT2D eigenvalue weighted by molar-refractivity contribution is 5.86. The van der Waals surface area contributed by atoms with Gasteiger partial charge in [0, 0.05) is 35.7 Å². The second-order valence-corrected chi connectivity index (χ2v) is 6.18. The average Bonchev–Trinajstić information content (AvgIpc) is 2.70. The predicted octanol–water partition coefficient (Wildman–Crippen LogP) is 4.72. The molecule has 1 aromatic heterocycles. The molecule has 2 aromatic rings. The molecule has 0 saturated heterocycles. The minimum absolute atomic E-state index is 0.520. The molecule has 0 spiro atoms. The molecule has 2 heteroatoms. The second kappa shape index (κ2) is 6.95. The van der Waals surface area contributed by atoms with Crippen molar-refractivity contribution in [2.75, 3.05) is 0 Å².